The molecule has 0 radical (unpaired) electrons. The Labute approximate surface area is 145 Å². The highest BCUT2D eigenvalue weighted by Gasteiger charge is 2.18. The number of anilines is 1. The molecule has 7 nitrogen and oxygen atoms in total. The molecule has 0 spiro atoms. The van der Waals surface area contributed by atoms with Crippen LogP contribution < -0.4 is 5.32 Å². The molecule has 0 bridgehead atoms. The van der Waals surface area contributed by atoms with E-state index in [1.54, 1.807) is 6.07 Å². The number of aryl methyl sites for hydroxylation is 1. The Bertz CT molecular complexity index is 929. The Hall–Kier alpha value is -2.87. The molecule has 0 fully saturated rings. The summed E-state index contributed by atoms with van der Waals surface area (Å²) in [4.78, 5) is 27.5. The Kier molecular flexibility index (Phi) is 4.22. The number of carbonyl (C=O) groups excluding carboxylic acids is 1. The Morgan fingerprint density at radius 1 is 1.33 bits per heavy atom. The van der Waals surface area contributed by atoms with Gasteiger partial charge in [-0.2, -0.15) is 0 Å². The van der Waals surface area contributed by atoms with Gasteiger partial charge in [0, 0.05) is 17.7 Å². The summed E-state index contributed by atoms with van der Waals surface area (Å²) in [5.41, 5.74) is 0.901. The van der Waals surface area contributed by atoms with Gasteiger partial charge in [-0.05, 0) is 30.3 Å². The van der Waals surface area contributed by atoms with E-state index >= 15 is 0 Å². The minimum Gasteiger partial charge on any atom is -0.478 e. The molecule has 24 heavy (non-hydrogen) atoms. The van der Waals surface area contributed by atoms with Crippen LogP contribution in [0.15, 0.2) is 51.6 Å². The van der Waals surface area contributed by atoms with E-state index in [0.717, 1.165) is 5.69 Å². The van der Waals surface area contributed by atoms with Gasteiger partial charge in [-0.3, -0.25) is 4.79 Å². The third kappa shape index (κ3) is 3.09. The van der Waals surface area contributed by atoms with Crippen molar-refractivity contribution in [1.29, 1.82) is 0 Å². The minimum atomic E-state index is -1.15. The lowest BCUT2D eigenvalue weighted by Gasteiger charge is -2.07. The standard InChI is InChI=1S/C16H12BrN3O4/c1-20-6-2-3-12(20)13-8-18-15(24-13)14(21)19-11-5-4-9(17)7-10(11)16(22)23/h2-8H,1H3,(H,19,21)(H,22,23). The molecule has 3 aromatic rings. The lowest BCUT2D eigenvalue weighted by atomic mass is 10.2. The van der Waals surface area contributed by atoms with Crippen LogP contribution >= 0.6 is 15.9 Å². The molecule has 0 aliphatic heterocycles. The van der Waals surface area contributed by atoms with E-state index in [2.05, 4.69) is 26.2 Å². The number of nitrogens with one attached hydrogen (secondary N) is 1. The molecule has 8 heteroatoms. The van der Waals surface area contributed by atoms with Crippen molar-refractivity contribution < 1.29 is 19.1 Å². The number of benzene rings is 1. The summed E-state index contributed by atoms with van der Waals surface area (Å²) in [5, 5.41) is 11.7. The maximum atomic E-state index is 12.3. The van der Waals surface area contributed by atoms with Gasteiger partial charge < -0.3 is 19.4 Å². The number of carboxylic acid groups (broad SMARTS) is 1. The first-order valence-corrected chi connectivity index (χ1v) is 7.66. The number of halogens is 1. The van der Waals surface area contributed by atoms with Crippen molar-refractivity contribution >= 4 is 33.5 Å². The van der Waals surface area contributed by atoms with Crippen LogP contribution in [0.1, 0.15) is 21.0 Å². The Morgan fingerprint density at radius 3 is 2.79 bits per heavy atom. The number of amides is 1. The molecule has 1 amide bonds. The molecule has 0 saturated carbocycles. The summed E-state index contributed by atoms with van der Waals surface area (Å²) < 4.78 is 7.90. The second-order valence-electron chi connectivity index (χ2n) is 4.98. The minimum absolute atomic E-state index is 0.0352. The zero-order valence-corrected chi connectivity index (χ0v) is 14.1. The molecule has 0 aliphatic rings. The lowest BCUT2D eigenvalue weighted by Crippen LogP contribution is -2.15. The van der Waals surface area contributed by atoms with Gasteiger partial charge in [-0.25, -0.2) is 9.78 Å². The van der Waals surface area contributed by atoms with Crippen molar-refractivity contribution in [3.05, 3.63) is 58.7 Å². The monoisotopic (exact) mass is 389 g/mol. The van der Waals surface area contributed by atoms with Crippen LogP contribution in [-0.2, 0) is 7.05 Å². The number of hydrogen-bond donors (Lipinski definition) is 2. The number of oxazole rings is 1. The Balaban J connectivity index is 1.85. The van der Waals surface area contributed by atoms with E-state index < -0.39 is 11.9 Å². The second kappa shape index (κ2) is 6.32. The first-order valence-electron chi connectivity index (χ1n) is 6.87. The summed E-state index contributed by atoms with van der Waals surface area (Å²) in [6.07, 6.45) is 3.29. The molecule has 2 N–H and O–H groups in total. The van der Waals surface area contributed by atoms with Crippen LogP contribution in [0.5, 0.6) is 0 Å². The molecular weight excluding hydrogens is 378 g/mol. The van der Waals surface area contributed by atoms with Gasteiger partial charge in [-0.15, -0.1) is 0 Å². The molecule has 3 rings (SSSR count). The number of carbonyl (C=O) groups is 2. The molecule has 2 aromatic heterocycles. The van der Waals surface area contributed by atoms with Gasteiger partial charge in [0.05, 0.1) is 23.1 Å². The van der Waals surface area contributed by atoms with Crippen molar-refractivity contribution in [2.75, 3.05) is 5.32 Å². The van der Waals surface area contributed by atoms with Gasteiger partial charge >= 0.3 is 11.9 Å². The van der Waals surface area contributed by atoms with Crippen LogP contribution in [0.3, 0.4) is 0 Å². The third-order valence-electron chi connectivity index (χ3n) is 3.36. The highest BCUT2D eigenvalue weighted by Crippen LogP contribution is 2.23. The van der Waals surface area contributed by atoms with Crippen LogP contribution in [0, 0.1) is 0 Å². The van der Waals surface area contributed by atoms with E-state index in [-0.39, 0.29) is 17.1 Å². The number of rotatable bonds is 4. The average molecular weight is 390 g/mol. The first-order chi connectivity index (χ1) is 11.5. The van der Waals surface area contributed by atoms with Crippen molar-refractivity contribution in [1.82, 2.24) is 9.55 Å². The number of aromatic nitrogens is 2. The highest BCUT2D eigenvalue weighted by atomic mass is 79.9. The molecule has 0 saturated heterocycles. The Morgan fingerprint density at radius 2 is 2.12 bits per heavy atom. The van der Waals surface area contributed by atoms with Crippen LogP contribution in [-0.4, -0.2) is 26.5 Å². The maximum Gasteiger partial charge on any atom is 0.337 e. The zero-order chi connectivity index (χ0) is 17.3. The van der Waals surface area contributed by atoms with Crippen LogP contribution in [0.4, 0.5) is 5.69 Å². The fraction of sp³-hybridized carbons (Fsp3) is 0.0625. The van der Waals surface area contributed by atoms with Crippen molar-refractivity contribution in [3.8, 4) is 11.5 Å². The van der Waals surface area contributed by atoms with Crippen molar-refractivity contribution in [3.63, 3.8) is 0 Å². The van der Waals surface area contributed by atoms with E-state index in [0.29, 0.717) is 10.2 Å². The molecule has 1 aromatic carbocycles. The predicted octanol–water partition coefficient (Wildman–Crippen LogP) is 3.39. The molecular formula is C16H12BrN3O4. The summed E-state index contributed by atoms with van der Waals surface area (Å²) >= 11 is 3.20. The normalized spacial score (nSPS) is 10.6. The van der Waals surface area contributed by atoms with Gasteiger partial charge in [0.15, 0.2) is 5.76 Å². The molecule has 0 atom stereocenters. The van der Waals surface area contributed by atoms with Gasteiger partial charge in [0.1, 0.15) is 0 Å². The lowest BCUT2D eigenvalue weighted by molar-refractivity contribution is 0.0698. The van der Waals surface area contributed by atoms with E-state index in [1.807, 2.05) is 29.9 Å². The molecule has 2 heterocycles. The maximum absolute atomic E-state index is 12.3. The van der Waals surface area contributed by atoms with E-state index in [9.17, 15) is 14.7 Å². The number of carboxylic acids is 1. The summed E-state index contributed by atoms with van der Waals surface area (Å²) in [7, 11) is 1.85. The van der Waals surface area contributed by atoms with Crippen molar-refractivity contribution in [2.24, 2.45) is 7.05 Å². The topological polar surface area (TPSA) is 97.4 Å². The van der Waals surface area contributed by atoms with Gasteiger partial charge in [-0.1, -0.05) is 15.9 Å². The number of aromatic carboxylic acids is 1. The smallest absolute Gasteiger partial charge is 0.337 e. The average Bonchev–Trinajstić information content (AvgIpc) is 3.17. The summed E-state index contributed by atoms with van der Waals surface area (Å²) in [5.74, 6) is -1.48. The largest absolute Gasteiger partial charge is 0.478 e. The predicted molar refractivity (Wildman–Crippen MR) is 90.0 cm³/mol. The molecule has 122 valence electrons. The summed E-state index contributed by atoms with van der Waals surface area (Å²) in [6, 6.07) is 8.21. The fourth-order valence-electron chi connectivity index (χ4n) is 2.19. The van der Waals surface area contributed by atoms with E-state index in [1.165, 1.54) is 18.3 Å². The molecule has 0 unspecified atom stereocenters. The zero-order valence-electron chi connectivity index (χ0n) is 12.5. The highest BCUT2D eigenvalue weighted by molar-refractivity contribution is 9.10. The number of nitrogens with zero attached hydrogens (tertiary/aromatic N) is 2. The molecule has 0 aliphatic carbocycles. The van der Waals surface area contributed by atoms with Gasteiger partial charge in [0.25, 0.3) is 5.89 Å². The second-order valence-corrected chi connectivity index (χ2v) is 5.90. The van der Waals surface area contributed by atoms with Crippen LogP contribution in [0.2, 0.25) is 0 Å². The van der Waals surface area contributed by atoms with Gasteiger partial charge in [0.2, 0.25) is 0 Å². The van der Waals surface area contributed by atoms with Crippen LogP contribution in [0.25, 0.3) is 11.5 Å². The first kappa shape index (κ1) is 16.0. The number of hydrogen-bond acceptors (Lipinski definition) is 4. The quantitative estimate of drug-likeness (QED) is 0.712. The van der Waals surface area contributed by atoms with E-state index in [4.69, 9.17) is 4.42 Å². The fourth-order valence-corrected chi connectivity index (χ4v) is 2.55. The van der Waals surface area contributed by atoms with Crippen molar-refractivity contribution in [2.45, 2.75) is 0 Å². The third-order valence-corrected chi connectivity index (χ3v) is 3.85. The summed E-state index contributed by atoms with van der Waals surface area (Å²) in [6.45, 7) is 0. The SMILES string of the molecule is Cn1cccc1-c1cnc(C(=O)Nc2ccc(Br)cc2C(=O)O)o1.